The van der Waals surface area contributed by atoms with Crippen LogP contribution in [0.1, 0.15) is 42.9 Å². The van der Waals surface area contributed by atoms with E-state index >= 15 is 0 Å². The highest BCUT2D eigenvalue weighted by molar-refractivity contribution is 6.30. The van der Waals surface area contributed by atoms with Crippen LogP contribution in [0.25, 0.3) is 5.69 Å². The van der Waals surface area contributed by atoms with Crippen LogP contribution in [-0.4, -0.2) is 43.8 Å². The third-order valence-corrected chi connectivity index (χ3v) is 7.54. The molecule has 1 unspecified atom stereocenters. The van der Waals surface area contributed by atoms with E-state index in [4.69, 9.17) is 11.6 Å². The second-order valence-electron chi connectivity index (χ2n) is 9.59. The van der Waals surface area contributed by atoms with Crippen LogP contribution >= 0.6 is 11.6 Å². The average Bonchev–Trinajstić information content (AvgIpc) is 3.07. The number of aromatic nitrogens is 4. The van der Waals surface area contributed by atoms with Crippen molar-refractivity contribution in [2.75, 3.05) is 18.0 Å². The van der Waals surface area contributed by atoms with E-state index in [1.807, 2.05) is 25.1 Å². The molecular weight excluding hydrogens is 441 g/mol. The molecular formula is C24H23ClFN7. The number of hydrogen-bond acceptors (Lipinski definition) is 6. The lowest BCUT2D eigenvalue weighted by Gasteiger charge is -2.59. The Morgan fingerprint density at radius 2 is 2.00 bits per heavy atom. The van der Waals surface area contributed by atoms with E-state index in [-0.39, 0.29) is 17.3 Å². The van der Waals surface area contributed by atoms with E-state index in [1.165, 1.54) is 12.3 Å². The largest absolute Gasteiger partial charge is 0.355 e. The summed E-state index contributed by atoms with van der Waals surface area (Å²) in [5.74, 6) is 2.70. The highest BCUT2D eigenvalue weighted by atomic mass is 35.5. The third kappa shape index (κ3) is 3.38. The Morgan fingerprint density at radius 1 is 1.18 bits per heavy atom. The summed E-state index contributed by atoms with van der Waals surface area (Å²) < 4.78 is 15.4. The molecule has 2 aliphatic heterocycles. The second-order valence-corrected chi connectivity index (χ2v) is 10.0. The molecule has 3 aromatic rings. The normalized spacial score (nSPS) is 20.2. The molecule has 1 aliphatic carbocycles. The van der Waals surface area contributed by atoms with Gasteiger partial charge in [0.15, 0.2) is 5.82 Å². The molecule has 0 radical (unpaired) electrons. The quantitative estimate of drug-likeness (QED) is 0.583. The smallest absolute Gasteiger partial charge is 0.151 e. The summed E-state index contributed by atoms with van der Waals surface area (Å²) in [6.45, 7) is 4.98. The lowest BCUT2D eigenvalue weighted by atomic mass is 9.57. The predicted octanol–water partition coefficient (Wildman–Crippen LogP) is 4.07. The molecule has 2 fully saturated rings. The first-order valence-corrected chi connectivity index (χ1v) is 11.6. The van der Waals surface area contributed by atoms with E-state index in [2.05, 4.69) is 35.6 Å². The molecule has 0 N–H and O–H groups in total. The van der Waals surface area contributed by atoms with Gasteiger partial charge in [-0.15, -0.1) is 10.2 Å². The van der Waals surface area contributed by atoms with Crippen molar-refractivity contribution in [1.82, 2.24) is 24.6 Å². The zero-order valence-corrected chi connectivity index (χ0v) is 19.0. The van der Waals surface area contributed by atoms with E-state index in [9.17, 15) is 9.65 Å². The number of rotatable bonds is 3. The van der Waals surface area contributed by atoms with Gasteiger partial charge in [0.25, 0.3) is 0 Å². The molecule has 9 heteroatoms. The first-order chi connectivity index (χ1) is 15.9. The molecule has 1 spiro atoms. The van der Waals surface area contributed by atoms with Gasteiger partial charge in [-0.1, -0.05) is 11.6 Å². The first kappa shape index (κ1) is 20.6. The molecule has 1 saturated carbocycles. The van der Waals surface area contributed by atoms with Gasteiger partial charge in [0, 0.05) is 36.0 Å². The van der Waals surface area contributed by atoms with Crippen molar-refractivity contribution in [2.24, 2.45) is 5.41 Å². The number of halogens is 2. The lowest BCUT2D eigenvalue weighted by molar-refractivity contribution is 0.0581. The Labute approximate surface area is 196 Å². The Balaban J connectivity index is 1.25. The van der Waals surface area contributed by atoms with Gasteiger partial charge < -0.3 is 4.90 Å². The Kier molecular flexibility index (Phi) is 4.68. The van der Waals surface area contributed by atoms with Crippen LogP contribution in [0, 0.1) is 22.6 Å². The van der Waals surface area contributed by atoms with Crippen molar-refractivity contribution in [2.45, 2.75) is 44.8 Å². The Hall–Kier alpha value is -3.02. The standard InChI is InChI=1S/C24H23ClFN7/c1-15(9-27)31-11-16-6-18(25)2-4-20(16)33-22(12-31)29-30-23(33)17-7-24(8-17)13-32(14-24)21-5-3-19(26)10-28-21/h2-6,10,15,17H,7-8,11-14H2,1H3. The minimum absolute atomic E-state index is 0.239. The van der Waals surface area contributed by atoms with Crippen LogP contribution in [-0.2, 0) is 13.1 Å². The van der Waals surface area contributed by atoms with Crippen molar-refractivity contribution in [3.05, 3.63) is 64.6 Å². The van der Waals surface area contributed by atoms with Crippen molar-refractivity contribution in [1.29, 1.82) is 5.26 Å². The fourth-order valence-corrected chi connectivity index (χ4v) is 5.77. The van der Waals surface area contributed by atoms with Gasteiger partial charge >= 0.3 is 0 Å². The molecule has 168 valence electrons. The number of fused-ring (bicyclic) bond motifs is 3. The summed E-state index contributed by atoms with van der Waals surface area (Å²) in [7, 11) is 0. The van der Waals surface area contributed by atoms with Crippen LogP contribution in [0.4, 0.5) is 10.2 Å². The van der Waals surface area contributed by atoms with E-state index in [0.717, 1.165) is 54.6 Å². The van der Waals surface area contributed by atoms with Crippen LogP contribution in [0.15, 0.2) is 36.5 Å². The zero-order chi connectivity index (χ0) is 22.7. The summed E-state index contributed by atoms with van der Waals surface area (Å²) in [4.78, 5) is 8.52. The van der Waals surface area contributed by atoms with Crippen LogP contribution < -0.4 is 4.90 Å². The fourth-order valence-electron chi connectivity index (χ4n) is 5.58. The van der Waals surface area contributed by atoms with Gasteiger partial charge in [-0.3, -0.25) is 9.47 Å². The fraction of sp³-hybridized carbons (Fsp3) is 0.417. The number of anilines is 1. The van der Waals surface area contributed by atoms with Crippen molar-refractivity contribution in [3.63, 3.8) is 0 Å². The molecule has 1 saturated heterocycles. The monoisotopic (exact) mass is 463 g/mol. The van der Waals surface area contributed by atoms with E-state index in [1.54, 1.807) is 6.07 Å². The molecule has 1 atom stereocenters. The first-order valence-electron chi connectivity index (χ1n) is 11.2. The minimum Gasteiger partial charge on any atom is -0.355 e. The summed E-state index contributed by atoms with van der Waals surface area (Å²) in [6.07, 6.45) is 3.36. The van der Waals surface area contributed by atoms with E-state index < -0.39 is 0 Å². The molecule has 3 aliphatic rings. The van der Waals surface area contributed by atoms with Gasteiger partial charge in [0.05, 0.1) is 30.5 Å². The summed E-state index contributed by atoms with van der Waals surface area (Å²) >= 11 is 6.31. The van der Waals surface area contributed by atoms with E-state index in [0.29, 0.717) is 24.0 Å². The van der Waals surface area contributed by atoms with Crippen LogP contribution in [0.3, 0.4) is 0 Å². The summed E-state index contributed by atoms with van der Waals surface area (Å²) in [5, 5.41) is 19.3. The maximum Gasteiger partial charge on any atom is 0.151 e. The van der Waals surface area contributed by atoms with Gasteiger partial charge in [-0.2, -0.15) is 5.26 Å². The van der Waals surface area contributed by atoms with Gasteiger partial charge in [0.2, 0.25) is 0 Å². The lowest BCUT2D eigenvalue weighted by Crippen LogP contribution is -2.62. The second kappa shape index (κ2) is 7.51. The number of pyridine rings is 1. The van der Waals surface area contributed by atoms with Crippen molar-refractivity contribution < 1.29 is 4.39 Å². The van der Waals surface area contributed by atoms with Crippen LogP contribution in [0.5, 0.6) is 0 Å². The topological polar surface area (TPSA) is 73.9 Å². The average molecular weight is 464 g/mol. The maximum absolute atomic E-state index is 13.2. The van der Waals surface area contributed by atoms with Crippen molar-refractivity contribution >= 4 is 17.4 Å². The van der Waals surface area contributed by atoms with Crippen molar-refractivity contribution in [3.8, 4) is 11.8 Å². The molecule has 6 rings (SSSR count). The highest BCUT2D eigenvalue weighted by Gasteiger charge is 2.54. The number of benzene rings is 1. The SMILES string of the molecule is CC(C#N)N1Cc2cc(Cl)ccc2-n2c(nnc2C2CC3(C2)CN(c2ccc(F)cn2)C3)C1. The molecule has 1 aromatic carbocycles. The maximum atomic E-state index is 13.2. The van der Waals surface area contributed by atoms with Gasteiger partial charge in [0.1, 0.15) is 17.5 Å². The molecule has 2 aromatic heterocycles. The summed E-state index contributed by atoms with van der Waals surface area (Å²) in [6, 6.07) is 11.2. The van der Waals surface area contributed by atoms with Crippen LogP contribution in [0.2, 0.25) is 5.02 Å². The minimum atomic E-state index is -0.311. The number of nitriles is 1. The number of hydrogen-bond donors (Lipinski definition) is 0. The Morgan fingerprint density at radius 3 is 2.73 bits per heavy atom. The van der Waals surface area contributed by atoms with Gasteiger partial charge in [-0.25, -0.2) is 9.37 Å². The third-order valence-electron chi connectivity index (χ3n) is 7.30. The molecule has 0 bridgehead atoms. The molecule has 0 amide bonds. The molecule has 33 heavy (non-hydrogen) atoms. The molecule has 4 heterocycles. The highest BCUT2D eigenvalue weighted by Crippen LogP contribution is 2.56. The van der Waals surface area contributed by atoms with Gasteiger partial charge in [-0.05, 0) is 55.7 Å². The predicted molar refractivity (Wildman–Crippen MR) is 122 cm³/mol. The Bertz CT molecular complexity index is 1250. The summed E-state index contributed by atoms with van der Waals surface area (Å²) in [5.41, 5.74) is 2.39. The number of nitrogens with zero attached hydrogens (tertiary/aromatic N) is 7. The zero-order valence-electron chi connectivity index (χ0n) is 18.2. The molecule has 7 nitrogen and oxygen atoms in total.